The predicted octanol–water partition coefficient (Wildman–Crippen LogP) is 1.13. The van der Waals surface area contributed by atoms with Crippen molar-refractivity contribution in [1.29, 1.82) is 0 Å². The van der Waals surface area contributed by atoms with Gasteiger partial charge >= 0.3 is 5.97 Å². The molecule has 2 rings (SSSR count). The fraction of sp³-hybridized carbons (Fsp3) is 0.615. The third kappa shape index (κ3) is 3.34. The number of esters is 1. The van der Waals surface area contributed by atoms with E-state index in [1.807, 2.05) is 6.92 Å². The Hall–Kier alpha value is -1.37. The fourth-order valence-electron chi connectivity index (χ4n) is 2.06. The summed E-state index contributed by atoms with van der Waals surface area (Å²) in [6.45, 7) is 4.45. The molecule has 2 heterocycles. The zero-order valence-corrected chi connectivity index (χ0v) is 11.2. The Labute approximate surface area is 112 Å². The van der Waals surface area contributed by atoms with E-state index in [9.17, 15) is 4.79 Å². The summed E-state index contributed by atoms with van der Waals surface area (Å²) in [5, 5.41) is 3.29. The van der Waals surface area contributed by atoms with E-state index in [0.29, 0.717) is 25.6 Å². The lowest BCUT2D eigenvalue weighted by Crippen LogP contribution is -2.40. The standard InChI is InChI=1S/C13H19NO5/c1-3-14-12(11-8-17-6-7-18-11)9-4-5-10(19-9)13(15)16-2/h4-5,11-12,14H,3,6-8H2,1-2H3. The molecule has 0 amide bonds. The van der Waals surface area contributed by atoms with E-state index in [1.54, 1.807) is 12.1 Å². The first-order valence-electron chi connectivity index (χ1n) is 6.37. The molecule has 1 saturated heterocycles. The number of carbonyl (C=O) groups excluding carboxylic acids is 1. The highest BCUT2D eigenvalue weighted by molar-refractivity contribution is 5.86. The monoisotopic (exact) mass is 269 g/mol. The van der Waals surface area contributed by atoms with Crippen LogP contribution in [0.2, 0.25) is 0 Å². The van der Waals surface area contributed by atoms with Crippen LogP contribution >= 0.6 is 0 Å². The quantitative estimate of drug-likeness (QED) is 0.808. The highest BCUT2D eigenvalue weighted by Gasteiger charge is 2.29. The smallest absolute Gasteiger partial charge is 0.373 e. The minimum absolute atomic E-state index is 0.120. The molecule has 6 heteroatoms. The van der Waals surface area contributed by atoms with Crippen LogP contribution < -0.4 is 5.32 Å². The number of likely N-dealkylation sites (N-methyl/N-ethyl adjacent to an activating group) is 1. The molecule has 0 aromatic carbocycles. The molecule has 1 aromatic rings. The molecule has 19 heavy (non-hydrogen) atoms. The summed E-state index contributed by atoms with van der Waals surface area (Å²) in [4.78, 5) is 11.4. The van der Waals surface area contributed by atoms with Gasteiger partial charge in [-0.2, -0.15) is 0 Å². The van der Waals surface area contributed by atoms with Crippen molar-refractivity contribution in [1.82, 2.24) is 5.32 Å². The maximum absolute atomic E-state index is 11.4. The average Bonchev–Trinajstić information content (AvgIpc) is 2.94. The Morgan fingerprint density at radius 2 is 2.37 bits per heavy atom. The first kappa shape index (κ1) is 14.0. The summed E-state index contributed by atoms with van der Waals surface area (Å²) in [5.74, 6) is 0.359. The summed E-state index contributed by atoms with van der Waals surface area (Å²) in [6, 6.07) is 3.23. The van der Waals surface area contributed by atoms with Gasteiger partial charge in [-0.05, 0) is 18.7 Å². The number of ether oxygens (including phenoxy) is 3. The van der Waals surface area contributed by atoms with Gasteiger partial charge in [-0.15, -0.1) is 0 Å². The van der Waals surface area contributed by atoms with Gasteiger partial charge in [0.15, 0.2) is 0 Å². The molecule has 0 saturated carbocycles. The maximum Gasteiger partial charge on any atom is 0.373 e. The largest absolute Gasteiger partial charge is 0.463 e. The maximum atomic E-state index is 11.4. The Balaban J connectivity index is 2.13. The lowest BCUT2D eigenvalue weighted by molar-refractivity contribution is -0.104. The summed E-state index contributed by atoms with van der Waals surface area (Å²) < 4.78 is 21.2. The van der Waals surface area contributed by atoms with Crippen LogP contribution in [0.15, 0.2) is 16.5 Å². The van der Waals surface area contributed by atoms with Gasteiger partial charge in [0, 0.05) is 0 Å². The van der Waals surface area contributed by atoms with Gasteiger partial charge in [-0.3, -0.25) is 0 Å². The summed E-state index contributed by atoms with van der Waals surface area (Å²) in [6.07, 6.45) is -0.120. The number of hydrogen-bond donors (Lipinski definition) is 1. The molecule has 0 aliphatic carbocycles. The average molecular weight is 269 g/mol. The number of furan rings is 1. The minimum Gasteiger partial charge on any atom is -0.463 e. The molecular formula is C13H19NO5. The van der Waals surface area contributed by atoms with Crippen molar-refractivity contribution in [2.75, 3.05) is 33.5 Å². The van der Waals surface area contributed by atoms with Gasteiger partial charge in [-0.1, -0.05) is 6.92 Å². The van der Waals surface area contributed by atoms with E-state index in [1.165, 1.54) is 7.11 Å². The summed E-state index contributed by atoms with van der Waals surface area (Å²) >= 11 is 0. The molecule has 0 spiro atoms. The van der Waals surface area contributed by atoms with Crippen LogP contribution in [-0.2, 0) is 14.2 Å². The van der Waals surface area contributed by atoms with Crippen LogP contribution in [0.4, 0.5) is 0 Å². The number of methoxy groups -OCH3 is 1. The molecule has 1 aliphatic rings. The van der Waals surface area contributed by atoms with Crippen molar-refractivity contribution in [2.45, 2.75) is 19.1 Å². The predicted molar refractivity (Wildman–Crippen MR) is 67.0 cm³/mol. The van der Waals surface area contributed by atoms with Crippen LogP contribution in [-0.4, -0.2) is 45.5 Å². The van der Waals surface area contributed by atoms with Gasteiger partial charge < -0.3 is 23.9 Å². The van der Waals surface area contributed by atoms with Crippen LogP contribution in [0.1, 0.15) is 29.3 Å². The lowest BCUT2D eigenvalue weighted by atomic mass is 10.1. The molecule has 106 valence electrons. The normalized spacial score (nSPS) is 21.1. The molecule has 1 aromatic heterocycles. The van der Waals surface area contributed by atoms with Gasteiger partial charge in [0.1, 0.15) is 11.9 Å². The van der Waals surface area contributed by atoms with Crippen molar-refractivity contribution in [2.24, 2.45) is 0 Å². The van der Waals surface area contributed by atoms with Gasteiger partial charge in [0.25, 0.3) is 0 Å². The van der Waals surface area contributed by atoms with Crippen molar-refractivity contribution < 1.29 is 23.4 Å². The van der Waals surface area contributed by atoms with Crippen molar-refractivity contribution in [3.05, 3.63) is 23.7 Å². The van der Waals surface area contributed by atoms with Crippen molar-refractivity contribution in [3.8, 4) is 0 Å². The Morgan fingerprint density at radius 3 is 3.00 bits per heavy atom. The van der Waals surface area contributed by atoms with Crippen molar-refractivity contribution >= 4 is 5.97 Å². The second-order valence-corrected chi connectivity index (χ2v) is 4.21. The molecule has 0 radical (unpaired) electrons. The number of carbonyl (C=O) groups is 1. The fourth-order valence-corrected chi connectivity index (χ4v) is 2.06. The highest BCUT2D eigenvalue weighted by Crippen LogP contribution is 2.24. The Kier molecular flexibility index (Phi) is 4.95. The van der Waals surface area contributed by atoms with E-state index < -0.39 is 5.97 Å². The van der Waals surface area contributed by atoms with Crippen LogP contribution in [0.25, 0.3) is 0 Å². The topological polar surface area (TPSA) is 69.9 Å². The second-order valence-electron chi connectivity index (χ2n) is 4.21. The van der Waals surface area contributed by atoms with E-state index in [4.69, 9.17) is 13.9 Å². The molecule has 6 nitrogen and oxygen atoms in total. The highest BCUT2D eigenvalue weighted by atomic mass is 16.6. The molecule has 1 aliphatic heterocycles. The zero-order chi connectivity index (χ0) is 13.7. The van der Waals surface area contributed by atoms with Crippen LogP contribution in [0, 0.1) is 0 Å². The molecule has 2 unspecified atom stereocenters. The van der Waals surface area contributed by atoms with E-state index in [-0.39, 0.29) is 17.9 Å². The van der Waals surface area contributed by atoms with E-state index in [0.717, 1.165) is 6.54 Å². The zero-order valence-electron chi connectivity index (χ0n) is 11.2. The van der Waals surface area contributed by atoms with E-state index in [2.05, 4.69) is 10.1 Å². The summed E-state index contributed by atoms with van der Waals surface area (Å²) in [5.41, 5.74) is 0. The van der Waals surface area contributed by atoms with Crippen molar-refractivity contribution in [3.63, 3.8) is 0 Å². The molecular weight excluding hydrogens is 250 g/mol. The molecule has 1 N–H and O–H groups in total. The van der Waals surface area contributed by atoms with Crippen LogP contribution in [0.5, 0.6) is 0 Å². The van der Waals surface area contributed by atoms with Gasteiger partial charge in [-0.25, -0.2) is 4.79 Å². The van der Waals surface area contributed by atoms with Gasteiger partial charge in [0.05, 0.1) is 33.0 Å². The first-order valence-corrected chi connectivity index (χ1v) is 6.37. The SMILES string of the molecule is CCNC(c1ccc(C(=O)OC)o1)C1COCCO1. The molecule has 1 fully saturated rings. The molecule has 0 bridgehead atoms. The Bertz CT molecular complexity index is 411. The summed E-state index contributed by atoms with van der Waals surface area (Å²) in [7, 11) is 1.32. The number of rotatable bonds is 5. The third-order valence-electron chi connectivity index (χ3n) is 2.96. The van der Waals surface area contributed by atoms with E-state index >= 15 is 0 Å². The Morgan fingerprint density at radius 1 is 1.53 bits per heavy atom. The number of hydrogen-bond acceptors (Lipinski definition) is 6. The first-order chi connectivity index (χ1) is 9.26. The van der Waals surface area contributed by atoms with Crippen LogP contribution in [0.3, 0.4) is 0 Å². The third-order valence-corrected chi connectivity index (χ3v) is 2.96. The minimum atomic E-state index is -0.484. The van der Waals surface area contributed by atoms with Gasteiger partial charge in [0.2, 0.25) is 5.76 Å². The lowest BCUT2D eigenvalue weighted by Gasteiger charge is -2.29. The second kappa shape index (κ2) is 6.70. The molecule has 2 atom stereocenters. The number of nitrogens with one attached hydrogen (secondary N) is 1.